The Balaban J connectivity index is 0.000000132. The van der Waals surface area contributed by atoms with Gasteiger partial charge in [0.1, 0.15) is 5.69 Å². The highest BCUT2D eigenvalue weighted by atomic mass is 79.9. The first kappa shape index (κ1) is 86.3. The normalized spacial score (nSPS) is 13.7. The second kappa shape index (κ2) is 41.4. The van der Waals surface area contributed by atoms with Crippen molar-refractivity contribution in [3.63, 3.8) is 0 Å². The molecule has 17 nitrogen and oxygen atoms in total. The SMILES string of the molecule is BrC1=CCN=C1c1cccc(-c2ccccc2)c1.Brc1cccc(C2=NCC=C2)c1.C1=CC(c2cccc(-c3ccccc3)c2)=NC1.CCOC(=O)c1csc(-n2cc(B3OC(C)(C)C(C)(C)O3)c(-c3cccc(-c4ccccc4)c3)n2)n1.CCOC(=O)c1csc(-n2cc(Br)c(-c3cccc(-c4ccccc4)c3)n2)n1.OB(O)c1ccccc1. The van der Waals surface area contributed by atoms with Crippen molar-refractivity contribution in [1.29, 1.82) is 0 Å². The van der Waals surface area contributed by atoms with E-state index in [1.54, 1.807) is 58.2 Å². The molecule has 10 aromatic carbocycles. The molecular weight excluding hydrogens is 1730 g/mol. The molecule has 14 aromatic rings. The molecule has 1 saturated heterocycles. The number of allylic oxidation sites excluding steroid dienone is 3. The Morgan fingerprint density at radius 1 is 0.450 bits per heavy atom. The topological polar surface area (TPSA) is 210 Å². The molecule has 0 radical (unpaired) electrons. The number of carbonyl (C=O) groups is 2. The van der Waals surface area contributed by atoms with Gasteiger partial charge in [-0.3, -0.25) is 15.0 Å². The van der Waals surface area contributed by atoms with Crippen LogP contribution >= 0.6 is 70.5 Å². The molecule has 0 spiro atoms. The molecule has 0 amide bonds. The third-order valence-corrected chi connectivity index (χ3v) is 22.9. The fourth-order valence-electron chi connectivity index (χ4n) is 12.8. The summed E-state index contributed by atoms with van der Waals surface area (Å²) in [6.07, 6.45) is 14.1. The van der Waals surface area contributed by atoms with Gasteiger partial charge in [-0.05, 0) is 178 Å². The predicted octanol–water partition coefficient (Wildman–Crippen LogP) is 21.1. The van der Waals surface area contributed by atoms with Gasteiger partial charge in [0.15, 0.2) is 11.4 Å². The lowest BCUT2D eigenvalue weighted by molar-refractivity contribution is 0.00578. The Morgan fingerprint density at radius 2 is 0.825 bits per heavy atom. The van der Waals surface area contributed by atoms with Gasteiger partial charge in [0.05, 0.1) is 71.4 Å². The number of ether oxygens (including phenoxy) is 2. The lowest BCUT2D eigenvalue weighted by atomic mass is 9.78. The van der Waals surface area contributed by atoms with Crippen molar-refractivity contribution in [2.75, 3.05) is 32.8 Å². The van der Waals surface area contributed by atoms with Crippen molar-refractivity contribution in [2.24, 2.45) is 15.0 Å². The molecule has 4 aromatic heterocycles. The van der Waals surface area contributed by atoms with E-state index in [0.29, 0.717) is 34.6 Å². The van der Waals surface area contributed by atoms with E-state index >= 15 is 0 Å². The fourth-order valence-corrected chi connectivity index (χ4v) is 15.6. The Bertz CT molecular complexity index is 6020. The van der Waals surface area contributed by atoms with Gasteiger partial charge >= 0.3 is 26.2 Å². The van der Waals surface area contributed by atoms with Crippen LogP contribution in [0.15, 0.2) is 355 Å². The Kier molecular flexibility index (Phi) is 29.8. The number of carbonyl (C=O) groups excluding carboxylic acids is 2. The van der Waals surface area contributed by atoms with Crippen LogP contribution < -0.4 is 10.9 Å². The lowest BCUT2D eigenvalue weighted by Gasteiger charge is -2.32. The van der Waals surface area contributed by atoms with Gasteiger partial charge in [-0.1, -0.05) is 265 Å². The van der Waals surface area contributed by atoms with Crippen LogP contribution in [0.5, 0.6) is 0 Å². The molecule has 0 aliphatic carbocycles. The van der Waals surface area contributed by atoms with Crippen molar-refractivity contribution in [3.05, 3.63) is 368 Å². The monoisotopic (exact) mass is 1810 g/mol. The number of benzene rings is 10. The first-order valence-corrected chi connectivity index (χ1v) is 43.0. The van der Waals surface area contributed by atoms with Crippen LogP contribution in [0.25, 0.3) is 77.3 Å². The molecule has 18 rings (SSSR count). The van der Waals surface area contributed by atoms with Gasteiger partial charge < -0.3 is 28.8 Å². The van der Waals surface area contributed by atoms with Crippen LogP contribution in [0.1, 0.15) is 79.2 Å². The quantitative estimate of drug-likeness (QED) is 0.0644. The van der Waals surface area contributed by atoms with E-state index in [0.717, 1.165) is 106 Å². The number of thiazole rings is 2. The van der Waals surface area contributed by atoms with E-state index in [9.17, 15) is 9.59 Å². The molecule has 600 valence electrons. The van der Waals surface area contributed by atoms with E-state index in [2.05, 4.69) is 266 Å². The van der Waals surface area contributed by atoms with Gasteiger partial charge in [0.25, 0.3) is 0 Å². The summed E-state index contributed by atoms with van der Waals surface area (Å²) in [7, 11) is -1.95. The van der Waals surface area contributed by atoms with Crippen LogP contribution in [0.3, 0.4) is 0 Å². The number of nitrogens with zero attached hydrogens (tertiary/aromatic N) is 9. The molecule has 4 aliphatic rings. The summed E-state index contributed by atoms with van der Waals surface area (Å²) in [4.78, 5) is 46.1. The number of halogens is 3. The Hall–Kier alpha value is -11.5. The van der Waals surface area contributed by atoms with Crippen molar-refractivity contribution >= 4 is 125 Å². The number of hydrogen-bond donors (Lipinski definition) is 2. The van der Waals surface area contributed by atoms with Gasteiger partial charge in [-0.2, -0.15) is 10.2 Å². The average molecular weight is 1820 g/mol. The fraction of sp³-hybridized carbons (Fsp3) is 0.135. The maximum Gasteiger partial charge on any atom is 0.498 e. The van der Waals surface area contributed by atoms with Crippen molar-refractivity contribution in [3.8, 4) is 77.3 Å². The third kappa shape index (κ3) is 22.5. The van der Waals surface area contributed by atoms with Crippen LogP contribution in [0, 0.1) is 0 Å². The first-order valence-electron chi connectivity index (χ1n) is 38.9. The van der Waals surface area contributed by atoms with Crippen LogP contribution in [0.2, 0.25) is 0 Å². The summed E-state index contributed by atoms with van der Waals surface area (Å²) in [6.45, 7) is 14.7. The number of hydrogen-bond acceptors (Lipinski definition) is 17. The minimum absolute atomic E-state index is 0.261. The average Bonchev–Trinajstić information content (AvgIpc) is 1.59. The number of esters is 2. The second-order valence-corrected chi connectivity index (χ2v) is 32.6. The van der Waals surface area contributed by atoms with E-state index in [4.69, 9.17) is 33.9 Å². The molecule has 0 unspecified atom stereocenters. The molecular formula is C96H84B2Br3N9O8S2. The molecule has 0 bridgehead atoms. The zero-order valence-corrected chi connectivity index (χ0v) is 73.1. The first-order chi connectivity index (χ1) is 58.3. The van der Waals surface area contributed by atoms with Gasteiger partial charge in [-0.15, -0.1) is 22.7 Å². The molecule has 8 heterocycles. The van der Waals surface area contributed by atoms with E-state index < -0.39 is 37.4 Å². The molecule has 120 heavy (non-hydrogen) atoms. The lowest BCUT2D eigenvalue weighted by Crippen LogP contribution is -2.41. The minimum atomic E-state index is -1.34. The molecule has 24 heteroatoms. The predicted molar refractivity (Wildman–Crippen MR) is 499 cm³/mol. The summed E-state index contributed by atoms with van der Waals surface area (Å²) >= 11 is 13.2. The van der Waals surface area contributed by atoms with Gasteiger partial charge in [0.2, 0.25) is 10.3 Å². The highest BCUT2D eigenvalue weighted by Gasteiger charge is 2.53. The number of aliphatic imine (C=N–C) groups is 3. The summed E-state index contributed by atoms with van der Waals surface area (Å²) in [5, 5.41) is 31.2. The molecule has 2 N–H and O–H groups in total. The molecule has 4 aliphatic heterocycles. The third-order valence-electron chi connectivity index (χ3n) is 19.5. The van der Waals surface area contributed by atoms with E-state index in [-0.39, 0.29) is 5.69 Å². The van der Waals surface area contributed by atoms with Crippen molar-refractivity contribution in [1.82, 2.24) is 29.5 Å². The van der Waals surface area contributed by atoms with Crippen molar-refractivity contribution < 1.29 is 38.4 Å². The van der Waals surface area contributed by atoms with Crippen molar-refractivity contribution in [2.45, 2.75) is 52.7 Å². The molecule has 1 fully saturated rings. The zero-order valence-electron chi connectivity index (χ0n) is 66.7. The maximum atomic E-state index is 12.2. The minimum Gasteiger partial charge on any atom is -0.461 e. The summed E-state index contributed by atoms with van der Waals surface area (Å²) in [6, 6.07) is 91.6. The summed E-state index contributed by atoms with van der Waals surface area (Å²) in [5.74, 6) is -0.874. The summed E-state index contributed by atoms with van der Waals surface area (Å²) < 4.78 is 29.3. The number of rotatable bonds is 17. The zero-order chi connectivity index (χ0) is 84.0. The molecule has 0 atom stereocenters. The number of aromatic nitrogens is 6. The second-order valence-electron chi connectivity index (χ2n) is 28.3. The Morgan fingerprint density at radius 3 is 1.23 bits per heavy atom. The maximum absolute atomic E-state index is 12.2. The van der Waals surface area contributed by atoms with Gasteiger partial charge in [0, 0.05) is 65.4 Å². The van der Waals surface area contributed by atoms with Crippen LogP contribution in [-0.4, -0.2) is 127 Å². The van der Waals surface area contributed by atoms with E-state index in [1.807, 2.05) is 131 Å². The van der Waals surface area contributed by atoms with Gasteiger partial charge in [-0.25, -0.2) is 28.9 Å². The smallest absolute Gasteiger partial charge is 0.461 e. The highest BCUT2D eigenvalue weighted by Crippen LogP contribution is 2.39. The summed E-state index contributed by atoms with van der Waals surface area (Å²) in [5.41, 5.74) is 20.5. The largest absolute Gasteiger partial charge is 0.498 e. The highest BCUT2D eigenvalue weighted by molar-refractivity contribution is 9.12. The Labute approximate surface area is 732 Å². The van der Waals surface area contributed by atoms with Crippen LogP contribution in [0.4, 0.5) is 0 Å². The standard InChI is InChI=1S/C27H28BN3O4S.C21H16BrN3O2S.C16H12BrN.C16H13N.C10H8BrN.C6H7BO2/c1-6-33-24(32)22-17-36-25(29-22)31-16-21(28-34-26(2,3)27(4,5)35-28)23(30-31)20-14-10-13-19(15-20)18-11-8-7-9-12-18;1-2-27-20(26)18-13-28-21(23-18)25-12-17(22)19(24-25)16-10-6-9-15(11-16)14-7-4-3-5-8-14;17-15-9-10-18-16(15)14-8-4-7-13(11-14)12-5-2-1-3-6-12;1-2-6-13(7-3-1)14-8-4-9-15(12-14)16-10-5-11-17-16;11-9-4-1-3-8(7-9)10-5-2-6-12-10;8-7(9)6-4-2-1-3-5-6/h7-17H,6H2,1-5H3;3-13H,2H2,1H3;1-9,11H,10H2;1-10,12H,11H2;1-5,7H,6H2;1-5,8-9H. The molecule has 0 saturated carbocycles. The van der Waals surface area contributed by atoms with Crippen LogP contribution in [-0.2, 0) is 18.8 Å². The van der Waals surface area contributed by atoms with E-state index in [1.165, 1.54) is 56.1 Å².